The van der Waals surface area contributed by atoms with Crippen molar-refractivity contribution in [2.45, 2.75) is 54.4 Å². The highest BCUT2D eigenvalue weighted by Crippen LogP contribution is 2.26. The fourth-order valence-electron chi connectivity index (χ4n) is 3.36. The van der Waals surface area contributed by atoms with E-state index in [1.807, 2.05) is 26.0 Å². The lowest BCUT2D eigenvalue weighted by atomic mass is 10.1. The van der Waals surface area contributed by atoms with Gasteiger partial charge in [0.25, 0.3) is 5.91 Å². The molecule has 0 unspecified atom stereocenters. The van der Waals surface area contributed by atoms with Crippen LogP contribution >= 0.6 is 0 Å². The first kappa shape index (κ1) is 29.4. The van der Waals surface area contributed by atoms with Gasteiger partial charge >= 0.3 is 0 Å². The molecule has 0 aliphatic carbocycles. The Labute approximate surface area is 216 Å². The number of halogens is 3. The lowest BCUT2D eigenvalue weighted by Gasteiger charge is -2.12. The Hall–Kier alpha value is -3.87. The number of benzene rings is 3. The monoisotopic (exact) mass is 509 g/mol. The molecule has 0 aliphatic rings. The second-order valence-corrected chi connectivity index (χ2v) is 8.28. The van der Waals surface area contributed by atoms with Gasteiger partial charge in [-0.1, -0.05) is 71.4 Å². The van der Waals surface area contributed by atoms with Crippen LogP contribution in [0.15, 0.2) is 61.2 Å². The minimum absolute atomic E-state index is 0.0181. The van der Waals surface area contributed by atoms with E-state index in [2.05, 4.69) is 30.8 Å². The van der Waals surface area contributed by atoms with Gasteiger partial charge in [0, 0.05) is 11.6 Å². The molecule has 0 bridgehead atoms. The van der Waals surface area contributed by atoms with Crippen molar-refractivity contribution in [2.24, 2.45) is 0 Å². The van der Waals surface area contributed by atoms with Gasteiger partial charge in [-0.25, -0.2) is 17.9 Å². The highest BCUT2D eigenvalue weighted by Gasteiger charge is 2.20. The number of allylic oxidation sites excluding steroid dienone is 1. The number of anilines is 1. The molecule has 4 nitrogen and oxygen atoms in total. The molecule has 4 rings (SSSR count). The van der Waals surface area contributed by atoms with E-state index in [9.17, 15) is 18.0 Å². The molecular weight excluding hydrogens is 475 g/mol. The Kier molecular flexibility index (Phi) is 10.7. The average molecular weight is 510 g/mol. The van der Waals surface area contributed by atoms with Gasteiger partial charge in [0.05, 0.1) is 11.4 Å². The molecule has 3 aromatic carbocycles. The normalized spacial score (nSPS) is 10.2. The molecule has 0 saturated heterocycles. The van der Waals surface area contributed by atoms with Crippen LogP contribution in [0.2, 0.25) is 0 Å². The fourth-order valence-corrected chi connectivity index (χ4v) is 3.36. The second-order valence-electron chi connectivity index (χ2n) is 8.28. The first-order valence-electron chi connectivity index (χ1n) is 12.4. The molecule has 0 radical (unpaired) electrons. The van der Waals surface area contributed by atoms with Crippen molar-refractivity contribution in [3.63, 3.8) is 0 Å². The molecule has 1 N–H and O–H groups in total. The van der Waals surface area contributed by atoms with Crippen molar-refractivity contribution in [2.75, 3.05) is 5.32 Å². The third-order valence-corrected chi connectivity index (χ3v) is 5.37. The van der Waals surface area contributed by atoms with Gasteiger partial charge in [0.15, 0.2) is 0 Å². The zero-order valence-electron chi connectivity index (χ0n) is 22.3. The Morgan fingerprint density at radius 2 is 1.51 bits per heavy atom. The number of aromatic nitrogens is 2. The number of carbonyl (C=O) groups is 1. The van der Waals surface area contributed by atoms with Crippen LogP contribution in [-0.2, 0) is 0 Å². The zero-order valence-corrected chi connectivity index (χ0v) is 22.3. The number of amides is 1. The number of nitrogens with one attached hydrogen (secondary N) is 1. The van der Waals surface area contributed by atoms with E-state index in [1.165, 1.54) is 25.0 Å². The van der Waals surface area contributed by atoms with Gasteiger partial charge in [0.1, 0.15) is 28.8 Å². The van der Waals surface area contributed by atoms with Gasteiger partial charge in [-0.05, 0) is 54.5 Å². The molecule has 0 aliphatic heterocycles. The third kappa shape index (κ3) is 7.09. The predicted octanol–water partition coefficient (Wildman–Crippen LogP) is 8.87. The quantitative estimate of drug-likeness (QED) is 0.292. The summed E-state index contributed by atoms with van der Waals surface area (Å²) < 4.78 is 44.6. The van der Waals surface area contributed by atoms with Crippen molar-refractivity contribution in [1.82, 2.24) is 9.78 Å². The number of hydrogen-bond acceptors (Lipinski definition) is 2. The zero-order chi connectivity index (χ0) is 27.7. The maximum Gasteiger partial charge on any atom is 0.274 e. The number of rotatable bonds is 5. The van der Waals surface area contributed by atoms with E-state index >= 15 is 0 Å². The number of unbranched alkanes of at least 4 members (excludes halogenated alkanes) is 1. The molecule has 0 spiro atoms. The van der Waals surface area contributed by atoms with Crippen molar-refractivity contribution < 1.29 is 18.0 Å². The summed E-state index contributed by atoms with van der Waals surface area (Å²) in [7, 11) is 0. The Bertz CT molecular complexity index is 1390. The Balaban J connectivity index is 0.000000733. The predicted molar refractivity (Wildman–Crippen MR) is 147 cm³/mol. The van der Waals surface area contributed by atoms with Crippen LogP contribution < -0.4 is 5.32 Å². The summed E-state index contributed by atoms with van der Waals surface area (Å²) in [6.07, 6.45) is 2.64. The molecule has 4 aromatic rings. The van der Waals surface area contributed by atoms with Crippen molar-refractivity contribution in [3.8, 4) is 5.69 Å². The topological polar surface area (TPSA) is 46.9 Å². The fraction of sp³-hybridized carbons (Fsp3) is 0.267. The number of carbonyl (C=O) groups excluding carboxylic acids is 1. The summed E-state index contributed by atoms with van der Waals surface area (Å²) in [6, 6.07) is 13.4. The van der Waals surface area contributed by atoms with Gasteiger partial charge < -0.3 is 5.32 Å². The molecule has 37 heavy (non-hydrogen) atoms. The highest BCUT2D eigenvalue weighted by atomic mass is 19.1. The van der Waals surface area contributed by atoms with Crippen LogP contribution in [0.3, 0.4) is 0 Å². The molecular formula is C30H34F3N3O. The summed E-state index contributed by atoms with van der Waals surface area (Å²) in [6.45, 7) is 15.2. The molecule has 7 heteroatoms. The van der Waals surface area contributed by atoms with E-state index in [1.54, 1.807) is 32.0 Å². The standard InChI is InChI=1S/C24H18F3N3O.C4H10.C2H6/c1-13(2)17-11-19(26)21(12-18(17)25)28-24(31)23-8-14(3)29-30(23)22-10-16-7-5-4-6-15(16)9-20(22)27;1-3-4-2;1-2/h4-12H,1H2,2-3H3,(H,28,31);3-4H2,1-2H3;1-2H3. The molecule has 1 heterocycles. The number of aryl methyl sites for hydroxylation is 1. The van der Waals surface area contributed by atoms with Crippen LogP contribution in [-0.4, -0.2) is 15.7 Å². The smallest absolute Gasteiger partial charge is 0.274 e. The van der Waals surface area contributed by atoms with Crippen LogP contribution in [0.4, 0.5) is 18.9 Å². The van der Waals surface area contributed by atoms with E-state index in [-0.39, 0.29) is 22.6 Å². The van der Waals surface area contributed by atoms with Crippen LogP contribution in [0, 0.1) is 24.4 Å². The van der Waals surface area contributed by atoms with Crippen LogP contribution in [0.1, 0.15) is 69.2 Å². The second kappa shape index (κ2) is 13.4. The average Bonchev–Trinajstić information content (AvgIpc) is 3.28. The van der Waals surface area contributed by atoms with E-state index < -0.39 is 23.4 Å². The molecule has 1 amide bonds. The highest BCUT2D eigenvalue weighted by molar-refractivity contribution is 6.03. The Morgan fingerprint density at radius 3 is 2.08 bits per heavy atom. The maximum absolute atomic E-state index is 14.8. The molecule has 1 aromatic heterocycles. The first-order valence-corrected chi connectivity index (χ1v) is 12.4. The summed E-state index contributed by atoms with van der Waals surface area (Å²) in [5.74, 6) is -2.85. The van der Waals surface area contributed by atoms with Gasteiger partial charge in [-0.2, -0.15) is 5.10 Å². The number of nitrogens with zero attached hydrogens (tertiary/aromatic N) is 2. The van der Waals surface area contributed by atoms with Gasteiger partial charge in [-0.15, -0.1) is 0 Å². The van der Waals surface area contributed by atoms with Crippen LogP contribution in [0.5, 0.6) is 0 Å². The molecule has 196 valence electrons. The number of fused-ring (bicyclic) bond motifs is 1. The summed E-state index contributed by atoms with van der Waals surface area (Å²) in [5.41, 5.74) is 0.556. The SMILES string of the molecule is C=C(C)c1cc(F)c(NC(=O)c2cc(C)nn2-c2cc3ccccc3cc2F)cc1F.CC.CCCC. The minimum Gasteiger partial charge on any atom is -0.318 e. The summed E-state index contributed by atoms with van der Waals surface area (Å²) in [4.78, 5) is 12.9. The minimum atomic E-state index is -0.813. The molecule has 0 atom stereocenters. The first-order chi connectivity index (χ1) is 17.7. The Morgan fingerprint density at radius 1 is 0.919 bits per heavy atom. The van der Waals surface area contributed by atoms with Crippen LogP contribution in [0.25, 0.3) is 22.0 Å². The maximum atomic E-state index is 14.8. The summed E-state index contributed by atoms with van der Waals surface area (Å²) in [5, 5.41) is 8.04. The van der Waals surface area contributed by atoms with E-state index in [0.29, 0.717) is 16.7 Å². The number of hydrogen-bond donors (Lipinski definition) is 1. The summed E-state index contributed by atoms with van der Waals surface area (Å²) >= 11 is 0. The lowest BCUT2D eigenvalue weighted by molar-refractivity contribution is 0.101. The lowest BCUT2D eigenvalue weighted by Crippen LogP contribution is -2.18. The molecule has 0 fully saturated rings. The molecule has 0 saturated carbocycles. The largest absolute Gasteiger partial charge is 0.318 e. The van der Waals surface area contributed by atoms with E-state index in [0.717, 1.165) is 22.2 Å². The van der Waals surface area contributed by atoms with Gasteiger partial charge in [0.2, 0.25) is 0 Å². The van der Waals surface area contributed by atoms with E-state index in [4.69, 9.17) is 0 Å². The van der Waals surface area contributed by atoms with Gasteiger partial charge in [-0.3, -0.25) is 4.79 Å². The van der Waals surface area contributed by atoms with Crippen molar-refractivity contribution in [3.05, 3.63) is 95.6 Å². The van der Waals surface area contributed by atoms with Crippen molar-refractivity contribution in [1.29, 1.82) is 0 Å². The van der Waals surface area contributed by atoms with Crippen molar-refractivity contribution >= 4 is 27.9 Å². The third-order valence-electron chi connectivity index (χ3n) is 5.37.